The van der Waals surface area contributed by atoms with E-state index in [0.29, 0.717) is 25.1 Å². The molecule has 1 unspecified atom stereocenters. The van der Waals surface area contributed by atoms with E-state index in [1.807, 2.05) is 11.8 Å². The van der Waals surface area contributed by atoms with Gasteiger partial charge >= 0.3 is 0 Å². The molecule has 10 nitrogen and oxygen atoms in total. The van der Waals surface area contributed by atoms with Crippen molar-refractivity contribution in [2.45, 2.75) is 30.7 Å². The summed E-state index contributed by atoms with van der Waals surface area (Å²) in [6.45, 7) is 2.92. The first kappa shape index (κ1) is 24.6. The lowest BCUT2D eigenvalue weighted by atomic mass is 9.98. The Labute approximate surface area is 202 Å². The number of benzene rings is 2. The van der Waals surface area contributed by atoms with Crippen LogP contribution in [0.3, 0.4) is 0 Å². The Morgan fingerprint density at radius 3 is 2.54 bits per heavy atom. The Bertz CT molecular complexity index is 1270. The molecule has 0 aromatic heterocycles. The standard InChI is InChI=1S/C24H25N3O7S/c1-15-2-6-19(7-3-15)35(32,33)34-14-16-11-27(12-16)18-5-4-17(13-28)20(10-18)23(30)25-21-8-9-22(29)26-24(21)31/h2-7,10,13,16,21H,8-9,11-12,14H2,1H3,(H,25,30)(H,26,29,31). The Balaban J connectivity index is 1.36. The fraction of sp³-hybridized carbons (Fsp3) is 0.333. The average Bonchev–Trinajstić information content (AvgIpc) is 2.80. The molecule has 4 rings (SSSR count). The van der Waals surface area contributed by atoms with E-state index in [9.17, 15) is 27.6 Å². The number of carbonyl (C=O) groups is 4. The Kier molecular flexibility index (Phi) is 6.99. The number of aryl methyl sites for hydroxylation is 1. The molecule has 2 aliphatic rings. The highest BCUT2D eigenvalue weighted by molar-refractivity contribution is 7.86. The molecule has 0 radical (unpaired) electrons. The van der Waals surface area contributed by atoms with Crippen molar-refractivity contribution < 1.29 is 31.8 Å². The monoisotopic (exact) mass is 499 g/mol. The van der Waals surface area contributed by atoms with Crippen molar-refractivity contribution in [2.75, 3.05) is 24.6 Å². The zero-order valence-electron chi connectivity index (χ0n) is 19.0. The summed E-state index contributed by atoms with van der Waals surface area (Å²) in [4.78, 5) is 49.6. The molecular weight excluding hydrogens is 474 g/mol. The Hall–Kier alpha value is -3.57. The number of carbonyl (C=O) groups excluding carboxylic acids is 4. The number of amides is 3. The van der Waals surface area contributed by atoms with Crippen LogP contribution in [-0.2, 0) is 23.9 Å². The lowest BCUT2D eigenvalue weighted by Crippen LogP contribution is -2.52. The van der Waals surface area contributed by atoms with Crippen molar-refractivity contribution in [3.63, 3.8) is 0 Å². The molecule has 0 aliphatic carbocycles. The second-order valence-corrected chi connectivity index (χ2v) is 10.3. The van der Waals surface area contributed by atoms with Gasteiger partial charge in [-0.2, -0.15) is 8.42 Å². The predicted octanol–water partition coefficient (Wildman–Crippen LogP) is 1.18. The van der Waals surface area contributed by atoms with Crippen LogP contribution in [0.25, 0.3) is 0 Å². The molecule has 2 fully saturated rings. The van der Waals surface area contributed by atoms with Gasteiger partial charge < -0.3 is 10.2 Å². The topological polar surface area (TPSA) is 139 Å². The lowest BCUT2D eigenvalue weighted by molar-refractivity contribution is -0.134. The number of nitrogens with one attached hydrogen (secondary N) is 2. The summed E-state index contributed by atoms with van der Waals surface area (Å²) in [5.74, 6) is -1.58. The van der Waals surface area contributed by atoms with E-state index in [1.54, 1.807) is 24.3 Å². The molecule has 0 saturated carbocycles. The van der Waals surface area contributed by atoms with E-state index in [0.717, 1.165) is 5.56 Å². The van der Waals surface area contributed by atoms with Gasteiger partial charge in [0.2, 0.25) is 11.8 Å². The predicted molar refractivity (Wildman–Crippen MR) is 125 cm³/mol. The number of imide groups is 1. The van der Waals surface area contributed by atoms with Crippen molar-refractivity contribution in [2.24, 2.45) is 5.92 Å². The van der Waals surface area contributed by atoms with Gasteiger partial charge in [0, 0.05) is 36.7 Å². The van der Waals surface area contributed by atoms with E-state index in [2.05, 4.69) is 10.6 Å². The molecule has 2 aromatic rings. The zero-order valence-corrected chi connectivity index (χ0v) is 19.8. The summed E-state index contributed by atoms with van der Waals surface area (Å²) in [5.41, 5.74) is 1.91. The minimum atomic E-state index is -3.84. The highest BCUT2D eigenvalue weighted by Gasteiger charge is 2.31. The van der Waals surface area contributed by atoms with Gasteiger partial charge in [-0.25, -0.2) is 0 Å². The first-order chi connectivity index (χ1) is 16.7. The first-order valence-corrected chi connectivity index (χ1v) is 12.5. The van der Waals surface area contributed by atoms with E-state index in [4.69, 9.17) is 4.18 Å². The Morgan fingerprint density at radius 2 is 1.89 bits per heavy atom. The van der Waals surface area contributed by atoms with Gasteiger partial charge in [0.05, 0.1) is 17.1 Å². The number of hydrogen-bond donors (Lipinski definition) is 2. The fourth-order valence-electron chi connectivity index (χ4n) is 3.95. The van der Waals surface area contributed by atoms with Crippen LogP contribution < -0.4 is 15.5 Å². The molecule has 2 saturated heterocycles. The van der Waals surface area contributed by atoms with E-state index >= 15 is 0 Å². The number of nitrogens with zero attached hydrogens (tertiary/aromatic N) is 1. The number of rotatable bonds is 8. The maximum absolute atomic E-state index is 12.8. The molecule has 11 heteroatoms. The minimum absolute atomic E-state index is 0.0262. The van der Waals surface area contributed by atoms with Gasteiger partial charge in [-0.05, 0) is 43.7 Å². The molecule has 0 bridgehead atoms. The van der Waals surface area contributed by atoms with Crippen LogP contribution in [0.15, 0.2) is 47.4 Å². The molecular formula is C24H25N3O7S. The number of anilines is 1. The van der Waals surface area contributed by atoms with Crippen LogP contribution in [0, 0.1) is 12.8 Å². The third kappa shape index (κ3) is 5.57. The quantitative estimate of drug-likeness (QED) is 0.314. The van der Waals surface area contributed by atoms with Gasteiger partial charge in [-0.15, -0.1) is 0 Å². The first-order valence-electron chi connectivity index (χ1n) is 11.1. The normalized spacial score (nSPS) is 18.5. The van der Waals surface area contributed by atoms with Crippen molar-refractivity contribution in [3.05, 3.63) is 59.2 Å². The SMILES string of the molecule is Cc1ccc(S(=O)(=O)OCC2CN(c3ccc(C=O)c(C(=O)NC4CCC(=O)NC4=O)c3)C2)cc1. The maximum Gasteiger partial charge on any atom is 0.296 e. The van der Waals surface area contributed by atoms with Crippen molar-refractivity contribution in [1.82, 2.24) is 10.6 Å². The second kappa shape index (κ2) is 9.96. The fourth-order valence-corrected chi connectivity index (χ4v) is 4.93. The van der Waals surface area contributed by atoms with Crippen LogP contribution in [0.2, 0.25) is 0 Å². The zero-order chi connectivity index (χ0) is 25.2. The molecule has 2 N–H and O–H groups in total. The molecule has 35 heavy (non-hydrogen) atoms. The second-order valence-electron chi connectivity index (χ2n) is 8.69. The average molecular weight is 500 g/mol. The van der Waals surface area contributed by atoms with Gasteiger partial charge in [-0.1, -0.05) is 17.7 Å². The van der Waals surface area contributed by atoms with Crippen LogP contribution in [0.5, 0.6) is 0 Å². The minimum Gasteiger partial charge on any atom is -0.371 e. The van der Waals surface area contributed by atoms with Gasteiger partial charge in [0.1, 0.15) is 6.04 Å². The van der Waals surface area contributed by atoms with Crippen LogP contribution in [-0.4, -0.2) is 58.2 Å². The van der Waals surface area contributed by atoms with E-state index in [-0.39, 0.29) is 47.3 Å². The molecule has 0 spiro atoms. The van der Waals surface area contributed by atoms with Crippen molar-refractivity contribution >= 4 is 39.8 Å². The van der Waals surface area contributed by atoms with Crippen LogP contribution >= 0.6 is 0 Å². The number of aldehydes is 1. The molecule has 1 atom stereocenters. The number of hydrogen-bond acceptors (Lipinski definition) is 8. The largest absolute Gasteiger partial charge is 0.371 e. The number of piperidine rings is 1. The molecule has 2 aliphatic heterocycles. The summed E-state index contributed by atoms with van der Waals surface area (Å²) in [7, 11) is -3.84. The summed E-state index contributed by atoms with van der Waals surface area (Å²) in [6.07, 6.45) is 0.867. The molecule has 2 heterocycles. The maximum atomic E-state index is 12.8. The van der Waals surface area contributed by atoms with E-state index in [1.165, 1.54) is 18.2 Å². The molecule has 184 valence electrons. The summed E-state index contributed by atoms with van der Waals surface area (Å²) < 4.78 is 30.0. The third-order valence-electron chi connectivity index (χ3n) is 6.04. The Morgan fingerprint density at radius 1 is 1.17 bits per heavy atom. The summed E-state index contributed by atoms with van der Waals surface area (Å²) >= 11 is 0. The summed E-state index contributed by atoms with van der Waals surface area (Å²) in [5, 5.41) is 4.76. The lowest BCUT2D eigenvalue weighted by Gasteiger charge is -2.41. The van der Waals surface area contributed by atoms with Gasteiger partial charge in [0.15, 0.2) is 6.29 Å². The van der Waals surface area contributed by atoms with Crippen molar-refractivity contribution in [3.8, 4) is 0 Å². The highest BCUT2D eigenvalue weighted by Crippen LogP contribution is 2.28. The summed E-state index contributed by atoms with van der Waals surface area (Å²) in [6, 6.07) is 10.4. The third-order valence-corrected chi connectivity index (χ3v) is 7.34. The smallest absolute Gasteiger partial charge is 0.296 e. The van der Waals surface area contributed by atoms with Crippen LogP contribution in [0.4, 0.5) is 5.69 Å². The molecule has 2 aromatic carbocycles. The van der Waals surface area contributed by atoms with Crippen LogP contribution in [0.1, 0.15) is 39.1 Å². The van der Waals surface area contributed by atoms with Gasteiger partial charge in [0.25, 0.3) is 16.0 Å². The highest BCUT2D eigenvalue weighted by atomic mass is 32.2. The molecule has 3 amide bonds. The van der Waals surface area contributed by atoms with Crippen molar-refractivity contribution in [1.29, 1.82) is 0 Å². The van der Waals surface area contributed by atoms with E-state index < -0.39 is 28.0 Å². The van der Waals surface area contributed by atoms with Gasteiger partial charge in [-0.3, -0.25) is 28.7 Å².